The first-order chi connectivity index (χ1) is 9.74. The molecule has 0 fully saturated rings. The highest BCUT2D eigenvalue weighted by atomic mass is 79.9. The van der Waals surface area contributed by atoms with Gasteiger partial charge in [-0.25, -0.2) is 4.68 Å². The minimum atomic E-state index is -3.25. The molecule has 21 heavy (non-hydrogen) atoms. The summed E-state index contributed by atoms with van der Waals surface area (Å²) in [5.41, 5.74) is 0.758. The largest absolute Gasteiger partial charge is 0.433 e. The average molecular weight is 382 g/mol. The Hall–Kier alpha value is -1.34. The highest BCUT2D eigenvalue weighted by Gasteiger charge is 2.23. The third kappa shape index (κ3) is 3.29. The van der Waals surface area contributed by atoms with Gasteiger partial charge in [0.05, 0.1) is 11.4 Å². The second-order valence-corrected chi connectivity index (χ2v) is 5.38. The topological polar surface area (TPSA) is 36.2 Å². The van der Waals surface area contributed by atoms with Crippen molar-refractivity contribution in [2.45, 2.75) is 18.4 Å². The molecule has 0 spiro atoms. The smallest absolute Gasteiger partial charge is 0.394 e. The number of ether oxygens (including phenoxy) is 1. The molecule has 2 rings (SSSR count). The van der Waals surface area contributed by atoms with E-state index in [2.05, 4.69) is 20.7 Å². The minimum absolute atomic E-state index is 0.0142. The first-order valence-corrected chi connectivity index (χ1v) is 7.44. The fraction of sp³-hybridized carbons (Fsp3) is 0.308. The number of hydrogen-bond acceptors (Lipinski definition) is 2. The summed E-state index contributed by atoms with van der Waals surface area (Å²) in [6.07, 6.45) is -3.25. The van der Waals surface area contributed by atoms with Gasteiger partial charge in [-0.2, -0.15) is 8.78 Å². The van der Waals surface area contributed by atoms with Gasteiger partial charge < -0.3 is 4.74 Å². The van der Waals surface area contributed by atoms with E-state index in [1.54, 1.807) is 11.7 Å². The summed E-state index contributed by atoms with van der Waals surface area (Å²) >= 11 is 9.24. The molecule has 0 amide bonds. The zero-order valence-electron chi connectivity index (χ0n) is 11.2. The molecule has 0 saturated carbocycles. The Balaban J connectivity index is 2.43. The van der Waals surface area contributed by atoms with Crippen LogP contribution in [0.15, 0.2) is 29.1 Å². The van der Waals surface area contributed by atoms with Crippen molar-refractivity contribution in [2.75, 3.05) is 0 Å². The van der Waals surface area contributed by atoms with Crippen molar-refractivity contribution in [3.05, 3.63) is 45.3 Å². The first-order valence-electron chi connectivity index (χ1n) is 5.94. The van der Waals surface area contributed by atoms with E-state index in [1.807, 2.05) is 0 Å². The van der Waals surface area contributed by atoms with E-state index in [-0.39, 0.29) is 16.3 Å². The molecular formula is C13H12BrClF2N2O2. The van der Waals surface area contributed by atoms with Crippen LogP contribution in [-0.2, 0) is 12.4 Å². The van der Waals surface area contributed by atoms with E-state index in [1.165, 1.54) is 28.9 Å². The normalized spacial score (nSPS) is 11.7. The van der Waals surface area contributed by atoms with Gasteiger partial charge in [-0.1, -0.05) is 27.5 Å². The van der Waals surface area contributed by atoms with Gasteiger partial charge in [0, 0.05) is 19.3 Å². The molecule has 0 aliphatic carbocycles. The van der Waals surface area contributed by atoms with Gasteiger partial charge in [-0.05, 0) is 24.3 Å². The van der Waals surface area contributed by atoms with Gasteiger partial charge in [0.15, 0.2) is 0 Å². The molecule has 1 aromatic heterocycles. The number of benzene rings is 1. The van der Waals surface area contributed by atoms with Crippen LogP contribution < -0.4 is 10.3 Å². The van der Waals surface area contributed by atoms with Crippen molar-refractivity contribution in [1.82, 2.24) is 9.36 Å². The summed E-state index contributed by atoms with van der Waals surface area (Å²) in [6, 6.07) is 5.76. The van der Waals surface area contributed by atoms with E-state index >= 15 is 0 Å². The Labute approximate surface area is 133 Å². The lowest BCUT2D eigenvalue weighted by Gasteiger charge is -2.14. The number of hydrogen-bond donors (Lipinski definition) is 0. The fourth-order valence-electron chi connectivity index (χ4n) is 1.91. The molecule has 0 N–H and O–H groups in total. The lowest BCUT2D eigenvalue weighted by molar-refractivity contribution is -0.158. The Bertz CT molecular complexity index is 705. The Morgan fingerprint density at radius 1 is 1.33 bits per heavy atom. The number of aromatic nitrogens is 2. The number of halogens is 4. The van der Waals surface area contributed by atoms with Gasteiger partial charge in [-0.15, -0.1) is 0 Å². The Morgan fingerprint density at radius 3 is 2.33 bits per heavy atom. The van der Waals surface area contributed by atoms with Crippen molar-refractivity contribution in [1.29, 1.82) is 0 Å². The van der Waals surface area contributed by atoms with Gasteiger partial charge in [-0.3, -0.25) is 9.48 Å². The monoisotopic (exact) mass is 380 g/mol. The summed E-state index contributed by atoms with van der Waals surface area (Å²) in [5.74, 6) is 0.0142. The minimum Gasteiger partial charge on any atom is -0.433 e. The summed E-state index contributed by atoms with van der Waals surface area (Å²) in [7, 11) is 1.69. The van der Waals surface area contributed by atoms with Crippen molar-refractivity contribution < 1.29 is 13.5 Å². The molecule has 8 heteroatoms. The number of alkyl halides is 3. The quantitative estimate of drug-likeness (QED) is 0.757. The first kappa shape index (κ1) is 16.0. The van der Waals surface area contributed by atoms with E-state index < -0.39 is 6.11 Å². The van der Waals surface area contributed by atoms with E-state index in [9.17, 15) is 13.6 Å². The van der Waals surface area contributed by atoms with Crippen LogP contribution >= 0.6 is 27.5 Å². The van der Waals surface area contributed by atoms with Crippen LogP contribution in [0.1, 0.15) is 12.6 Å². The van der Waals surface area contributed by atoms with Crippen LogP contribution in [0.4, 0.5) is 8.78 Å². The standard InChI is InChI=1S/C13H12BrClF2N2O2/c1-13(16,17)21-9-5-3-8(4-6-9)19-12(20)11(15)10(7-14)18(19)2/h3-6H,7H2,1-2H3. The number of rotatable bonds is 4. The summed E-state index contributed by atoms with van der Waals surface area (Å²) in [4.78, 5) is 12.1. The second kappa shape index (κ2) is 5.81. The van der Waals surface area contributed by atoms with E-state index in [0.717, 1.165) is 0 Å². The maximum atomic E-state index is 12.8. The molecule has 0 unspecified atom stereocenters. The molecule has 1 heterocycles. The molecule has 0 atom stereocenters. The lowest BCUT2D eigenvalue weighted by Crippen LogP contribution is -2.20. The molecule has 0 aliphatic rings. The van der Waals surface area contributed by atoms with Gasteiger partial charge in [0.2, 0.25) is 0 Å². The van der Waals surface area contributed by atoms with E-state index in [4.69, 9.17) is 11.6 Å². The highest BCUT2D eigenvalue weighted by Crippen LogP contribution is 2.23. The Kier molecular flexibility index (Phi) is 4.43. The van der Waals surface area contributed by atoms with Crippen LogP contribution in [-0.4, -0.2) is 15.5 Å². The lowest BCUT2D eigenvalue weighted by atomic mass is 10.3. The highest BCUT2D eigenvalue weighted by molar-refractivity contribution is 9.08. The zero-order valence-corrected chi connectivity index (χ0v) is 13.6. The summed E-state index contributed by atoms with van der Waals surface area (Å²) in [6.45, 7) is 0.657. The molecule has 0 saturated heterocycles. The van der Waals surface area contributed by atoms with E-state index in [0.29, 0.717) is 23.6 Å². The van der Waals surface area contributed by atoms with Crippen LogP contribution in [0.3, 0.4) is 0 Å². The van der Waals surface area contributed by atoms with Crippen LogP contribution in [0.5, 0.6) is 5.75 Å². The van der Waals surface area contributed by atoms with Crippen LogP contribution in [0, 0.1) is 0 Å². The van der Waals surface area contributed by atoms with Crippen molar-refractivity contribution >= 4 is 27.5 Å². The molecule has 0 bridgehead atoms. The molecule has 0 aliphatic heterocycles. The van der Waals surface area contributed by atoms with Gasteiger partial charge in [0.25, 0.3) is 5.56 Å². The predicted molar refractivity (Wildman–Crippen MR) is 79.9 cm³/mol. The maximum absolute atomic E-state index is 12.8. The molecule has 0 radical (unpaired) electrons. The summed E-state index contributed by atoms with van der Waals surface area (Å²) < 4.78 is 32.9. The summed E-state index contributed by atoms with van der Waals surface area (Å²) in [5, 5.41) is 0.545. The molecular weight excluding hydrogens is 370 g/mol. The zero-order chi connectivity index (χ0) is 15.8. The van der Waals surface area contributed by atoms with Crippen molar-refractivity contribution in [3.63, 3.8) is 0 Å². The molecule has 1 aromatic carbocycles. The second-order valence-electron chi connectivity index (χ2n) is 4.44. The predicted octanol–water partition coefficient (Wildman–Crippen LogP) is 3.72. The van der Waals surface area contributed by atoms with Crippen LogP contribution in [0.2, 0.25) is 5.02 Å². The SMILES string of the molecule is Cn1c(CBr)c(Cl)c(=O)n1-c1ccc(OC(C)(F)F)cc1. The van der Waals surface area contributed by atoms with Gasteiger partial charge in [0.1, 0.15) is 10.8 Å². The molecule has 2 aromatic rings. The Morgan fingerprint density at radius 2 is 1.90 bits per heavy atom. The maximum Gasteiger partial charge on any atom is 0.394 e. The fourth-order valence-corrected chi connectivity index (χ4v) is 2.99. The van der Waals surface area contributed by atoms with Crippen LogP contribution in [0.25, 0.3) is 5.69 Å². The molecule has 114 valence electrons. The third-order valence-electron chi connectivity index (χ3n) is 2.83. The van der Waals surface area contributed by atoms with Crippen molar-refractivity contribution in [2.24, 2.45) is 7.05 Å². The number of nitrogens with zero attached hydrogens (tertiary/aromatic N) is 2. The van der Waals surface area contributed by atoms with Crippen molar-refractivity contribution in [3.8, 4) is 11.4 Å². The van der Waals surface area contributed by atoms with Gasteiger partial charge >= 0.3 is 6.11 Å². The molecule has 4 nitrogen and oxygen atoms in total. The third-order valence-corrected chi connectivity index (χ3v) is 3.74. The average Bonchev–Trinajstić information content (AvgIpc) is 2.60.